The predicted octanol–water partition coefficient (Wildman–Crippen LogP) is 3.83. The molecule has 0 fully saturated rings. The average molecular weight is 401 g/mol. The highest BCUT2D eigenvalue weighted by Gasteiger charge is 2.17. The van der Waals surface area contributed by atoms with E-state index in [-0.39, 0.29) is 12.5 Å². The lowest BCUT2D eigenvalue weighted by atomic mass is 9.99. The maximum Gasteiger partial charge on any atom is 0.221 e. The lowest BCUT2D eigenvalue weighted by Crippen LogP contribution is -2.38. The number of ether oxygens (including phenoxy) is 1. The Morgan fingerprint density at radius 2 is 2.00 bits per heavy atom. The van der Waals surface area contributed by atoms with E-state index < -0.39 is 6.10 Å². The summed E-state index contributed by atoms with van der Waals surface area (Å²) in [5.74, 6) is 0.397. The second kappa shape index (κ2) is 9.73. The first kappa shape index (κ1) is 20.4. The number of para-hydroxylation sites is 2. The fraction of sp³-hybridized carbons (Fsp3) is 0.318. The number of aliphatic hydroxyl groups excluding tert-OH is 1. The van der Waals surface area contributed by atoms with Gasteiger partial charge in [-0.05, 0) is 41.8 Å². The second-order valence-corrected chi connectivity index (χ2v) is 7.32. The van der Waals surface area contributed by atoms with Gasteiger partial charge in [-0.1, -0.05) is 41.9 Å². The number of rotatable bonds is 7. The van der Waals surface area contributed by atoms with Crippen LogP contribution in [0.25, 0.3) is 5.57 Å². The fourth-order valence-electron chi connectivity index (χ4n) is 3.23. The number of anilines is 1. The molecular formula is C22H25ClN2O3. The summed E-state index contributed by atoms with van der Waals surface area (Å²) in [5, 5.41) is 13.8. The first-order chi connectivity index (χ1) is 13.5. The fourth-order valence-corrected chi connectivity index (χ4v) is 3.35. The van der Waals surface area contributed by atoms with Gasteiger partial charge in [-0.15, -0.1) is 0 Å². The standard InChI is InChI=1S/C22H25ClN2O3/c1-16(26)24-21-4-2-3-5-22(21)28-15-20(27)14-25-12-10-18(11-13-25)17-6-8-19(23)9-7-17/h2-10,20,27H,11-15H2,1H3,(H,24,26). The van der Waals surface area contributed by atoms with E-state index in [0.717, 1.165) is 24.5 Å². The predicted molar refractivity (Wildman–Crippen MR) is 113 cm³/mol. The van der Waals surface area contributed by atoms with Crippen LogP contribution >= 0.6 is 11.6 Å². The van der Waals surface area contributed by atoms with Crippen molar-refractivity contribution in [3.05, 3.63) is 65.2 Å². The molecule has 0 aliphatic carbocycles. The highest BCUT2D eigenvalue weighted by Crippen LogP contribution is 2.25. The Hall–Kier alpha value is -2.34. The first-order valence-electron chi connectivity index (χ1n) is 9.36. The van der Waals surface area contributed by atoms with Crippen molar-refractivity contribution in [1.29, 1.82) is 0 Å². The van der Waals surface area contributed by atoms with E-state index in [2.05, 4.69) is 16.3 Å². The van der Waals surface area contributed by atoms with E-state index >= 15 is 0 Å². The van der Waals surface area contributed by atoms with Crippen LogP contribution in [0.1, 0.15) is 18.9 Å². The summed E-state index contributed by atoms with van der Waals surface area (Å²) in [5.41, 5.74) is 3.11. The topological polar surface area (TPSA) is 61.8 Å². The Balaban J connectivity index is 1.49. The van der Waals surface area contributed by atoms with Gasteiger partial charge in [-0.2, -0.15) is 0 Å². The van der Waals surface area contributed by atoms with Gasteiger partial charge in [0.15, 0.2) is 0 Å². The van der Waals surface area contributed by atoms with Gasteiger partial charge in [0, 0.05) is 31.6 Å². The van der Waals surface area contributed by atoms with E-state index in [4.69, 9.17) is 16.3 Å². The molecule has 148 valence electrons. The molecule has 1 heterocycles. The molecule has 2 aromatic carbocycles. The third-order valence-electron chi connectivity index (χ3n) is 4.61. The lowest BCUT2D eigenvalue weighted by molar-refractivity contribution is -0.114. The van der Waals surface area contributed by atoms with Crippen molar-refractivity contribution in [2.75, 3.05) is 31.6 Å². The van der Waals surface area contributed by atoms with Gasteiger partial charge in [0.2, 0.25) is 5.91 Å². The maximum atomic E-state index is 11.3. The van der Waals surface area contributed by atoms with Crippen molar-refractivity contribution in [1.82, 2.24) is 4.90 Å². The van der Waals surface area contributed by atoms with Gasteiger partial charge in [0.25, 0.3) is 0 Å². The lowest BCUT2D eigenvalue weighted by Gasteiger charge is -2.28. The third-order valence-corrected chi connectivity index (χ3v) is 4.86. The number of hydrogen-bond donors (Lipinski definition) is 2. The number of nitrogens with zero attached hydrogens (tertiary/aromatic N) is 1. The number of hydrogen-bond acceptors (Lipinski definition) is 4. The van der Waals surface area contributed by atoms with Crippen LogP contribution in [0.5, 0.6) is 5.75 Å². The van der Waals surface area contributed by atoms with Crippen molar-refractivity contribution < 1.29 is 14.6 Å². The summed E-state index contributed by atoms with van der Waals surface area (Å²) in [6.07, 6.45) is 2.52. The van der Waals surface area contributed by atoms with Gasteiger partial charge in [-0.3, -0.25) is 9.69 Å². The summed E-state index contributed by atoms with van der Waals surface area (Å²) < 4.78 is 5.72. The molecule has 1 amide bonds. The van der Waals surface area contributed by atoms with Gasteiger partial charge < -0.3 is 15.2 Å². The molecule has 0 bridgehead atoms. The number of nitrogens with one attached hydrogen (secondary N) is 1. The van der Waals surface area contributed by atoms with E-state index in [9.17, 15) is 9.90 Å². The largest absolute Gasteiger partial charge is 0.489 e. The second-order valence-electron chi connectivity index (χ2n) is 6.89. The minimum atomic E-state index is -0.615. The van der Waals surface area contributed by atoms with E-state index in [0.29, 0.717) is 18.0 Å². The summed E-state index contributed by atoms with van der Waals surface area (Å²) in [6, 6.07) is 15.1. The molecule has 1 unspecified atom stereocenters. The smallest absolute Gasteiger partial charge is 0.221 e. The SMILES string of the molecule is CC(=O)Nc1ccccc1OCC(O)CN1CC=C(c2ccc(Cl)cc2)CC1. The third kappa shape index (κ3) is 5.83. The van der Waals surface area contributed by atoms with Crippen LogP contribution in [0.15, 0.2) is 54.6 Å². The Morgan fingerprint density at radius 3 is 2.68 bits per heavy atom. The molecule has 0 aromatic heterocycles. The van der Waals surface area contributed by atoms with Gasteiger partial charge in [0.1, 0.15) is 18.5 Å². The minimum absolute atomic E-state index is 0.159. The molecule has 0 spiro atoms. The molecular weight excluding hydrogens is 376 g/mol. The summed E-state index contributed by atoms with van der Waals surface area (Å²) in [4.78, 5) is 13.5. The van der Waals surface area contributed by atoms with Crippen LogP contribution in [0.3, 0.4) is 0 Å². The van der Waals surface area contributed by atoms with Crippen molar-refractivity contribution in [3.8, 4) is 5.75 Å². The average Bonchev–Trinajstić information content (AvgIpc) is 2.68. The summed E-state index contributed by atoms with van der Waals surface area (Å²) in [6.45, 7) is 3.83. The molecule has 1 aliphatic heterocycles. The monoisotopic (exact) mass is 400 g/mol. The Kier molecular flexibility index (Phi) is 7.09. The number of benzene rings is 2. The molecule has 2 N–H and O–H groups in total. The number of carbonyl (C=O) groups is 1. The Bertz CT molecular complexity index is 836. The Labute approximate surface area is 170 Å². The van der Waals surface area contributed by atoms with Crippen molar-refractivity contribution in [2.45, 2.75) is 19.4 Å². The van der Waals surface area contributed by atoms with Crippen LogP contribution in [-0.2, 0) is 4.79 Å². The molecule has 2 aromatic rings. The van der Waals surface area contributed by atoms with Crippen LogP contribution in [0.4, 0.5) is 5.69 Å². The molecule has 1 atom stereocenters. The number of aliphatic hydroxyl groups is 1. The maximum absolute atomic E-state index is 11.3. The van der Waals surface area contributed by atoms with Gasteiger partial charge in [0.05, 0.1) is 5.69 Å². The van der Waals surface area contributed by atoms with Crippen molar-refractivity contribution in [2.24, 2.45) is 0 Å². The summed E-state index contributed by atoms with van der Waals surface area (Å²) >= 11 is 5.95. The van der Waals surface area contributed by atoms with E-state index in [1.54, 1.807) is 12.1 Å². The van der Waals surface area contributed by atoms with Gasteiger partial charge in [-0.25, -0.2) is 0 Å². The molecule has 0 radical (unpaired) electrons. The zero-order valence-electron chi connectivity index (χ0n) is 15.9. The summed E-state index contributed by atoms with van der Waals surface area (Å²) in [7, 11) is 0. The highest BCUT2D eigenvalue weighted by molar-refractivity contribution is 6.30. The van der Waals surface area contributed by atoms with Crippen LogP contribution in [-0.4, -0.2) is 48.3 Å². The van der Waals surface area contributed by atoms with Crippen molar-refractivity contribution in [3.63, 3.8) is 0 Å². The van der Waals surface area contributed by atoms with Gasteiger partial charge >= 0.3 is 0 Å². The van der Waals surface area contributed by atoms with E-state index in [1.807, 2.05) is 36.4 Å². The number of halogens is 1. The normalized spacial score (nSPS) is 15.6. The first-order valence-corrected chi connectivity index (χ1v) is 9.74. The van der Waals surface area contributed by atoms with E-state index in [1.165, 1.54) is 18.1 Å². The van der Waals surface area contributed by atoms with Crippen LogP contribution in [0.2, 0.25) is 5.02 Å². The molecule has 0 saturated carbocycles. The Morgan fingerprint density at radius 1 is 1.25 bits per heavy atom. The van der Waals surface area contributed by atoms with Crippen LogP contribution in [0, 0.1) is 0 Å². The minimum Gasteiger partial charge on any atom is -0.489 e. The quantitative estimate of drug-likeness (QED) is 0.741. The zero-order chi connectivity index (χ0) is 19.9. The number of carbonyl (C=O) groups excluding carboxylic acids is 1. The number of β-amino-alcohol motifs (C(OH)–C–C–N with tert-alkyl or cyclic N) is 1. The number of amides is 1. The van der Waals surface area contributed by atoms with Crippen molar-refractivity contribution >= 4 is 28.8 Å². The molecule has 5 nitrogen and oxygen atoms in total. The molecule has 3 rings (SSSR count). The highest BCUT2D eigenvalue weighted by atomic mass is 35.5. The molecule has 0 saturated heterocycles. The van der Waals surface area contributed by atoms with Crippen LogP contribution < -0.4 is 10.1 Å². The molecule has 1 aliphatic rings. The zero-order valence-corrected chi connectivity index (χ0v) is 16.7. The molecule has 28 heavy (non-hydrogen) atoms. The molecule has 6 heteroatoms.